The summed E-state index contributed by atoms with van der Waals surface area (Å²) >= 11 is 6.35. The molecule has 59 heavy (non-hydrogen) atoms. The zero-order valence-corrected chi connectivity index (χ0v) is 36.1. The predicted molar refractivity (Wildman–Crippen MR) is 224 cm³/mol. The van der Waals surface area contributed by atoms with Crippen LogP contribution in [0.15, 0.2) is 64.6 Å². The number of aliphatic hydroxyl groups is 2. The molecule has 7 rings (SSSR count). The lowest BCUT2D eigenvalue weighted by molar-refractivity contribution is -0.137. The van der Waals surface area contributed by atoms with Crippen LogP contribution in [0.25, 0.3) is 11.3 Å². The molecule has 2 N–H and O–H groups in total. The summed E-state index contributed by atoms with van der Waals surface area (Å²) < 4.78 is 53.3. The van der Waals surface area contributed by atoms with Crippen LogP contribution in [0, 0.1) is 23.2 Å². The highest BCUT2D eigenvalue weighted by Crippen LogP contribution is 2.59. The van der Waals surface area contributed by atoms with Crippen LogP contribution >= 0.6 is 11.6 Å². The molecule has 4 aliphatic carbocycles. The minimum Gasteiger partial charge on any atom is -0.453 e. The second kappa shape index (κ2) is 18.2. The topological polar surface area (TPSA) is 100 Å². The molecule has 2 aromatic carbocycles. The third-order valence-electron chi connectivity index (χ3n) is 13.7. The molecular formula is C48H61ClF3NO6. The van der Waals surface area contributed by atoms with Gasteiger partial charge in [-0.2, -0.15) is 13.2 Å². The van der Waals surface area contributed by atoms with Gasteiger partial charge in [0.1, 0.15) is 11.9 Å². The molecular weight excluding hydrogens is 779 g/mol. The van der Waals surface area contributed by atoms with Crippen LogP contribution in [0.4, 0.5) is 18.0 Å². The summed E-state index contributed by atoms with van der Waals surface area (Å²) in [6.07, 6.45) is 3.62. The number of allylic oxidation sites excluding steroid dienone is 2. The molecule has 0 saturated heterocycles. The minimum absolute atomic E-state index is 0.0109. The van der Waals surface area contributed by atoms with Gasteiger partial charge in [0.15, 0.2) is 5.76 Å². The highest BCUT2D eigenvalue weighted by atomic mass is 35.5. The monoisotopic (exact) mass is 839 g/mol. The molecule has 322 valence electrons. The lowest BCUT2D eigenvalue weighted by Gasteiger charge is -2.46. The normalized spacial score (nSPS) is 27.9. The van der Waals surface area contributed by atoms with Crippen LogP contribution in [-0.2, 0) is 17.3 Å². The molecule has 0 unspecified atom stereocenters. The number of halogens is 4. The van der Waals surface area contributed by atoms with Crippen LogP contribution < -0.4 is 0 Å². The SMILES string of the molecule is CCCN(C[C@]1(O)CC[C@H]2c3ccc(cc3C(=O)c3ccc(-c4cc(C(F)(F)F)ccc4Cl)o3)C[C@@H](O)CCC(C)=CCC[C@@]21C)C(=O)O[C@H]1C[C@@H](C)CC[C@@H]1C(C)C. The summed E-state index contributed by atoms with van der Waals surface area (Å²) in [5, 5.41) is 24.1. The van der Waals surface area contributed by atoms with E-state index in [1.807, 2.05) is 19.1 Å². The molecule has 2 fully saturated rings. The molecule has 7 atom stereocenters. The van der Waals surface area contributed by atoms with Gasteiger partial charge in [0.2, 0.25) is 5.78 Å². The van der Waals surface area contributed by atoms with Gasteiger partial charge in [-0.15, -0.1) is 0 Å². The fraction of sp³-hybridized carbons (Fsp3) is 0.583. The summed E-state index contributed by atoms with van der Waals surface area (Å²) in [6.45, 7) is 13.2. The first kappa shape index (κ1) is 44.9. The smallest absolute Gasteiger partial charge is 0.416 e. The van der Waals surface area contributed by atoms with Crippen LogP contribution in [0.1, 0.15) is 144 Å². The van der Waals surface area contributed by atoms with E-state index in [1.54, 1.807) is 11.0 Å². The first-order valence-corrected chi connectivity index (χ1v) is 21.9. The van der Waals surface area contributed by atoms with Gasteiger partial charge in [-0.05, 0) is 142 Å². The molecule has 11 heteroatoms. The Morgan fingerprint density at radius 2 is 1.81 bits per heavy atom. The minimum atomic E-state index is -4.60. The number of hydrogen-bond donors (Lipinski definition) is 2. The molecule has 2 saturated carbocycles. The van der Waals surface area contributed by atoms with Crippen LogP contribution in [0.2, 0.25) is 5.02 Å². The quantitative estimate of drug-likeness (QED) is 0.164. The van der Waals surface area contributed by atoms with Gasteiger partial charge in [-0.3, -0.25) is 4.79 Å². The molecule has 0 aliphatic heterocycles. The van der Waals surface area contributed by atoms with Crippen LogP contribution in [-0.4, -0.2) is 57.9 Å². The number of rotatable bonds is 9. The number of carbonyl (C=O) groups is 2. The van der Waals surface area contributed by atoms with Crippen molar-refractivity contribution in [3.63, 3.8) is 0 Å². The molecule has 1 amide bonds. The van der Waals surface area contributed by atoms with Crippen molar-refractivity contribution < 1.29 is 42.1 Å². The van der Waals surface area contributed by atoms with Gasteiger partial charge < -0.3 is 24.3 Å². The van der Waals surface area contributed by atoms with E-state index in [-0.39, 0.29) is 46.6 Å². The third-order valence-corrected chi connectivity index (χ3v) is 14.1. The number of amides is 1. The summed E-state index contributed by atoms with van der Waals surface area (Å²) in [7, 11) is 0. The Morgan fingerprint density at radius 1 is 1.05 bits per heavy atom. The third kappa shape index (κ3) is 9.81. The number of aliphatic hydroxyl groups excluding tert-OH is 1. The summed E-state index contributed by atoms with van der Waals surface area (Å²) in [6, 6.07) is 11.5. The van der Waals surface area contributed by atoms with Crippen molar-refractivity contribution in [1.82, 2.24) is 4.90 Å². The lowest BCUT2D eigenvalue weighted by Crippen LogP contribution is -2.54. The van der Waals surface area contributed by atoms with E-state index in [2.05, 4.69) is 40.7 Å². The number of carbonyl (C=O) groups excluding carboxylic acids is 2. The maximum Gasteiger partial charge on any atom is 0.416 e. The van der Waals surface area contributed by atoms with Crippen LogP contribution in [0.3, 0.4) is 0 Å². The van der Waals surface area contributed by atoms with E-state index in [4.69, 9.17) is 20.8 Å². The first-order valence-electron chi connectivity index (χ1n) is 21.5. The van der Waals surface area contributed by atoms with Crippen molar-refractivity contribution in [3.8, 4) is 11.3 Å². The van der Waals surface area contributed by atoms with Gasteiger partial charge in [-0.1, -0.05) is 76.4 Å². The Bertz CT molecular complexity index is 2010. The summed E-state index contributed by atoms with van der Waals surface area (Å²) in [4.78, 5) is 30.5. The molecule has 3 aromatic rings. The fourth-order valence-corrected chi connectivity index (χ4v) is 10.3. The van der Waals surface area contributed by atoms with E-state index < -0.39 is 40.7 Å². The molecule has 4 aliphatic rings. The van der Waals surface area contributed by atoms with Gasteiger partial charge in [0, 0.05) is 23.1 Å². The number of fused-ring (bicyclic) bond motifs is 8. The van der Waals surface area contributed by atoms with E-state index in [1.165, 1.54) is 12.1 Å². The Morgan fingerprint density at radius 3 is 2.53 bits per heavy atom. The Kier molecular flexibility index (Phi) is 13.8. The summed E-state index contributed by atoms with van der Waals surface area (Å²) in [5.41, 5.74) is -0.0809. The molecule has 2 bridgehead atoms. The van der Waals surface area contributed by atoms with Crippen molar-refractivity contribution in [2.75, 3.05) is 13.1 Å². The van der Waals surface area contributed by atoms with Crippen molar-refractivity contribution in [1.29, 1.82) is 0 Å². The van der Waals surface area contributed by atoms with Crippen LogP contribution in [0.5, 0.6) is 0 Å². The van der Waals surface area contributed by atoms with Crippen molar-refractivity contribution in [2.45, 2.75) is 142 Å². The molecule has 0 spiro atoms. The van der Waals surface area contributed by atoms with E-state index in [9.17, 15) is 33.0 Å². The van der Waals surface area contributed by atoms with Crippen molar-refractivity contribution in [2.24, 2.45) is 23.2 Å². The Labute approximate surface area is 352 Å². The average Bonchev–Trinajstić information content (AvgIpc) is 3.75. The highest BCUT2D eigenvalue weighted by Gasteiger charge is 2.58. The predicted octanol–water partition coefficient (Wildman–Crippen LogP) is 12.2. The second-order valence-electron chi connectivity index (χ2n) is 18.3. The van der Waals surface area contributed by atoms with E-state index in [0.29, 0.717) is 80.9 Å². The van der Waals surface area contributed by atoms with Crippen molar-refractivity contribution in [3.05, 3.63) is 93.2 Å². The van der Waals surface area contributed by atoms with Crippen molar-refractivity contribution >= 4 is 23.5 Å². The van der Waals surface area contributed by atoms with Gasteiger partial charge in [0.05, 0.1) is 28.8 Å². The zero-order valence-electron chi connectivity index (χ0n) is 35.3. The largest absolute Gasteiger partial charge is 0.453 e. The number of ketones is 1. The number of hydrogen-bond acceptors (Lipinski definition) is 6. The highest BCUT2D eigenvalue weighted by molar-refractivity contribution is 6.33. The van der Waals surface area contributed by atoms with Gasteiger partial charge in [-0.25, -0.2) is 4.79 Å². The first-order chi connectivity index (χ1) is 27.8. The number of alkyl halides is 3. The molecule has 1 heterocycles. The molecule has 7 nitrogen and oxygen atoms in total. The maximum absolute atomic E-state index is 14.7. The van der Waals surface area contributed by atoms with Gasteiger partial charge in [0.25, 0.3) is 0 Å². The standard InChI is InChI=1S/C48H61ClF3NO6/c1-7-23-53(45(56)59-43-24-31(5)11-15-35(43)29(2)3)28-47(57)22-20-39-36-16-12-32(25-34(54)14-10-30(4)9-8-21-46(39,47)6)26-37(36)44(55)42-19-18-41(58-42)38-27-33(48(50,51)52)13-17-40(38)49/h9,12-13,16-19,26-27,29,31,34-35,39,43,54,57H,7-8,10-11,14-15,20-25,28H2,1-6H3/t31-,34-,35+,39-,43-,46-,47+/m0/s1. The fourth-order valence-electron chi connectivity index (χ4n) is 10.1. The zero-order chi connectivity index (χ0) is 42.9. The second-order valence-corrected chi connectivity index (χ2v) is 18.7. The number of ether oxygens (including phenoxy) is 1. The van der Waals surface area contributed by atoms with Gasteiger partial charge >= 0.3 is 12.3 Å². The lowest BCUT2D eigenvalue weighted by atomic mass is 9.64. The average molecular weight is 840 g/mol. The maximum atomic E-state index is 14.7. The Hall–Kier alpha value is -3.60. The van der Waals surface area contributed by atoms with E-state index >= 15 is 0 Å². The number of benzene rings is 2. The molecule has 1 aromatic heterocycles. The Balaban J connectivity index is 1.38. The molecule has 0 radical (unpaired) electrons. The number of furan rings is 1. The van der Waals surface area contributed by atoms with E-state index in [0.717, 1.165) is 48.6 Å². The number of nitrogens with zero attached hydrogens (tertiary/aromatic N) is 1. The summed E-state index contributed by atoms with van der Waals surface area (Å²) in [5.74, 6) is 0.264.